The molecular formula is C16H24N4O3. The number of nitrogens with zero attached hydrogens (tertiary/aromatic N) is 4. The second-order valence-corrected chi connectivity index (χ2v) is 6.18. The van der Waals surface area contributed by atoms with Gasteiger partial charge in [0.25, 0.3) is 5.69 Å². The Morgan fingerprint density at radius 2 is 1.74 bits per heavy atom. The molecule has 7 nitrogen and oxygen atoms in total. The van der Waals surface area contributed by atoms with Gasteiger partial charge in [0.05, 0.1) is 11.5 Å². The van der Waals surface area contributed by atoms with Gasteiger partial charge in [0.15, 0.2) is 0 Å². The van der Waals surface area contributed by atoms with Crippen molar-refractivity contribution in [1.29, 1.82) is 0 Å². The van der Waals surface area contributed by atoms with Crippen molar-refractivity contribution in [3.05, 3.63) is 28.3 Å². The highest BCUT2D eigenvalue weighted by atomic mass is 16.6. The van der Waals surface area contributed by atoms with Crippen LogP contribution in [-0.4, -0.2) is 67.3 Å². The van der Waals surface area contributed by atoms with Crippen LogP contribution in [-0.2, 0) is 0 Å². The van der Waals surface area contributed by atoms with Crippen molar-refractivity contribution >= 4 is 17.1 Å². The Bertz CT molecular complexity index is 552. The summed E-state index contributed by atoms with van der Waals surface area (Å²) < 4.78 is 0. The average Bonchev–Trinajstić information content (AvgIpc) is 3.10. The molecule has 2 heterocycles. The van der Waals surface area contributed by atoms with Crippen molar-refractivity contribution in [1.82, 2.24) is 4.90 Å². The van der Waals surface area contributed by atoms with Gasteiger partial charge in [-0.25, -0.2) is 0 Å². The molecule has 0 amide bonds. The highest BCUT2D eigenvalue weighted by Gasteiger charge is 2.25. The van der Waals surface area contributed by atoms with Crippen LogP contribution in [0.1, 0.15) is 12.8 Å². The first-order valence-electron chi connectivity index (χ1n) is 8.30. The lowest BCUT2D eigenvalue weighted by Gasteiger charge is -2.35. The molecule has 1 aromatic rings. The zero-order valence-electron chi connectivity index (χ0n) is 13.4. The molecule has 23 heavy (non-hydrogen) atoms. The second-order valence-electron chi connectivity index (χ2n) is 6.18. The SMILES string of the molecule is O=[N+]([O-])c1cc(N2CCCC2)ccc1N1CCN(CCO)CC1. The van der Waals surface area contributed by atoms with E-state index >= 15 is 0 Å². The van der Waals surface area contributed by atoms with Gasteiger partial charge in [0, 0.05) is 57.6 Å². The Kier molecular flexibility index (Phi) is 4.97. The highest BCUT2D eigenvalue weighted by molar-refractivity contribution is 5.70. The number of rotatable bonds is 5. The molecule has 0 unspecified atom stereocenters. The number of nitro benzene ring substituents is 1. The molecule has 126 valence electrons. The molecule has 0 aliphatic carbocycles. The molecular weight excluding hydrogens is 296 g/mol. The van der Waals surface area contributed by atoms with Gasteiger partial charge >= 0.3 is 0 Å². The maximum absolute atomic E-state index is 11.5. The molecule has 2 aliphatic rings. The standard InChI is InChI=1S/C16H24N4O3/c21-12-11-17-7-9-19(10-8-17)15-4-3-14(13-16(15)20(22)23)18-5-1-2-6-18/h3-4,13,21H,1-2,5-12H2. The van der Waals surface area contributed by atoms with Gasteiger partial charge in [-0.1, -0.05) is 0 Å². The molecule has 0 radical (unpaired) electrons. The lowest BCUT2D eigenvalue weighted by molar-refractivity contribution is -0.384. The number of piperazine rings is 1. The normalized spacial score (nSPS) is 19.3. The maximum Gasteiger partial charge on any atom is 0.294 e. The second kappa shape index (κ2) is 7.14. The minimum atomic E-state index is -0.269. The summed E-state index contributed by atoms with van der Waals surface area (Å²) in [6.07, 6.45) is 2.31. The Balaban J connectivity index is 1.77. The van der Waals surface area contributed by atoms with Crippen LogP contribution in [0.3, 0.4) is 0 Å². The van der Waals surface area contributed by atoms with Crippen LogP contribution < -0.4 is 9.80 Å². The first-order chi connectivity index (χ1) is 11.2. The van der Waals surface area contributed by atoms with Gasteiger partial charge in [0.1, 0.15) is 5.69 Å². The summed E-state index contributed by atoms with van der Waals surface area (Å²) in [5.41, 5.74) is 1.86. The summed E-state index contributed by atoms with van der Waals surface area (Å²) in [4.78, 5) is 17.7. The molecule has 1 aromatic carbocycles. The largest absolute Gasteiger partial charge is 0.395 e. The van der Waals surface area contributed by atoms with Crippen molar-refractivity contribution in [3.8, 4) is 0 Å². The van der Waals surface area contributed by atoms with Gasteiger partial charge in [-0.05, 0) is 25.0 Å². The minimum absolute atomic E-state index is 0.157. The topological polar surface area (TPSA) is 73.1 Å². The molecule has 1 N–H and O–H groups in total. The lowest BCUT2D eigenvalue weighted by Crippen LogP contribution is -2.47. The van der Waals surface area contributed by atoms with E-state index in [4.69, 9.17) is 5.11 Å². The van der Waals surface area contributed by atoms with Crippen LogP contribution in [0, 0.1) is 10.1 Å². The monoisotopic (exact) mass is 320 g/mol. The number of hydrogen-bond donors (Lipinski definition) is 1. The Labute approximate surface area is 136 Å². The van der Waals surface area contributed by atoms with Gasteiger partial charge < -0.3 is 14.9 Å². The number of nitro groups is 1. The number of aliphatic hydroxyl groups excluding tert-OH is 1. The van der Waals surface area contributed by atoms with E-state index < -0.39 is 0 Å². The van der Waals surface area contributed by atoms with E-state index in [9.17, 15) is 10.1 Å². The first kappa shape index (κ1) is 16.0. The fourth-order valence-electron chi connectivity index (χ4n) is 3.45. The zero-order chi connectivity index (χ0) is 16.2. The number of benzene rings is 1. The predicted octanol–water partition coefficient (Wildman–Crippen LogP) is 1.31. The molecule has 2 fully saturated rings. The van der Waals surface area contributed by atoms with E-state index in [1.54, 1.807) is 6.07 Å². The van der Waals surface area contributed by atoms with E-state index in [-0.39, 0.29) is 17.2 Å². The van der Waals surface area contributed by atoms with Crippen LogP contribution in [0.4, 0.5) is 17.1 Å². The van der Waals surface area contributed by atoms with Crippen LogP contribution in [0.2, 0.25) is 0 Å². The van der Waals surface area contributed by atoms with Crippen molar-refractivity contribution in [2.75, 3.05) is 62.2 Å². The summed E-state index contributed by atoms with van der Waals surface area (Å²) in [5, 5.41) is 20.5. The van der Waals surface area contributed by atoms with E-state index in [0.29, 0.717) is 12.2 Å². The number of aliphatic hydroxyl groups is 1. The molecule has 2 saturated heterocycles. The molecule has 0 saturated carbocycles. The maximum atomic E-state index is 11.5. The van der Waals surface area contributed by atoms with Crippen LogP contribution in [0.5, 0.6) is 0 Å². The van der Waals surface area contributed by atoms with Crippen LogP contribution in [0.15, 0.2) is 18.2 Å². The lowest BCUT2D eigenvalue weighted by atomic mass is 10.2. The van der Waals surface area contributed by atoms with Gasteiger partial charge in [0.2, 0.25) is 0 Å². The van der Waals surface area contributed by atoms with Gasteiger partial charge in [-0.15, -0.1) is 0 Å². The van der Waals surface area contributed by atoms with Gasteiger partial charge in [-0.2, -0.15) is 0 Å². The molecule has 7 heteroatoms. The quantitative estimate of drug-likeness (QED) is 0.651. The molecule has 2 aliphatic heterocycles. The number of anilines is 2. The van der Waals surface area contributed by atoms with Crippen molar-refractivity contribution < 1.29 is 10.0 Å². The molecule has 0 atom stereocenters. The Morgan fingerprint density at radius 3 is 2.35 bits per heavy atom. The predicted molar refractivity (Wildman–Crippen MR) is 90.3 cm³/mol. The van der Waals surface area contributed by atoms with Crippen molar-refractivity contribution in [2.45, 2.75) is 12.8 Å². The summed E-state index contributed by atoms with van der Waals surface area (Å²) in [6.45, 7) is 5.95. The molecule has 3 rings (SSSR count). The first-order valence-corrected chi connectivity index (χ1v) is 8.30. The van der Waals surface area contributed by atoms with E-state index in [1.807, 2.05) is 12.1 Å². The van der Waals surface area contributed by atoms with Crippen molar-refractivity contribution in [2.24, 2.45) is 0 Å². The van der Waals surface area contributed by atoms with Gasteiger partial charge in [-0.3, -0.25) is 15.0 Å². The van der Waals surface area contributed by atoms with Crippen molar-refractivity contribution in [3.63, 3.8) is 0 Å². The fourth-order valence-corrected chi connectivity index (χ4v) is 3.45. The van der Waals surface area contributed by atoms with E-state index in [1.165, 1.54) is 0 Å². The molecule has 0 aromatic heterocycles. The van der Waals surface area contributed by atoms with Crippen LogP contribution >= 0.6 is 0 Å². The Morgan fingerprint density at radius 1 is 1.04 bits per heavy atom. The summed E-state index contributed by atoms with van der Waals surface area (Å²) in [5.74, 6) is 0. The number of hydrogen-bond acceptors (Lipinski definition) is 6. The molecule has 0 bridgehead atoms. The summed E-state index contributed by atoms with van der Waals surface area (Å²) in [6, 6.07) is 5.63. The zero-order valence-corrected chi connectivity index (χ0v) is 13.4. The fraction of sp³-hybridized carbons (Fsp3) is 0.625. The average molecular weight is 320 g/mol. The third-order valence-corrected chi connectivity index (χ3v) is 4.76. The third kappa shape index (κ3) is 3.56. The van der Waals surface area contributed by atoms with E-state index in [2.05, 4.69) is 14.7 Å². The smallest absolute Gasteiger partial charge is 0.294 e. The number of β-amino-alcohol motifs (C(OH)–C–C–N with tert-alkyl or cyclic N) is 1. The van der Waals surface area contributed by atoms with Crippen LogP contribution in [0.25, 0.3) is 0 Å². The Hall–Kier alpha value is -1.86. The highest BCUT2D eigenvalue weighted by Crippen LogP contribution is 2.34. The third-order valence-electron chi connectivity index (χ3n) is 4.76. The summed E-state index contributed by atoms with van der Waals surface area (Å²) >= 11 is 0. The molecule has 0 spiro atoms. The summed E-state index contributed by atoms with van der Waals surface area (Å²) in [7, 11) is 0. The van der Waals surface area contributed by atoms with E-state index in [0.717, 1.165) is 57.8 Å². The minimum Gasteiger partial charge on any atom is -0.395 e.